The molecule has 1 aliphatic rings. The van der Waals surface area contributed by atoms with E-state index in [-0.39, 0.29) is 0 Å². The fraction of sp³-hybridized carbons (Fsp3) is 0.235. The summed E-state index contributed by atoms with van der Waals surface area (Å²) in [4.78, 5) is 6.98. The molecule has 21 heavy (non-hydrogen) atoms. The number of nitrogens with zero attached hydrogens (tertiary/aromatic N) is 2. The molecule has 2 aromatic rings. The average molecular weight is 317 g/mol. The van der Waals surface area contributed by atoms with Crippen molar-refractivity contribution >= 4 is 28.5 Å². The number of hydrogen-bond acceptors (Lipinski definition) is 3. The standard InChI is InChI=1S/C17H17ClN2S/c18-16-8-6-15(7-9-16)13-21-17-19-10-11-20(17)12-14-4-2-1-3-5-14/h1-9H,10-13H2. The Morgan fingerprint density at radius 1 is 1.00 bits per heavy atom. The zero-order chi connectivity index (χ0) is 14.5. The van der Waals surface area contributed by atoms with E-state index < -0.39 is 0 Å². The van der Waals surface area contributed by atoms with Crippen molar-refractivity contribution in [2.45, 2.75) is 12.3 Å². The zero-order valence-electron chi connectivity index (χ0n) is 11.7. The normalized spacial score (nSPS) is 14.3. The van der Waals surface area contributed by atoms with Gasteiger partial charge in [-0.05, 0) is 23.3 Å². The van der Waals surface area contributed by atoms with Gasteiger partial charge in [0.15, 0.2) is 5.17 Å². The van der Waals surface area contributed by atoms with E-state index in [1.165, 1.54) is 11.1 Å². The Labute approximate surface area is 134 Å². The van der Waals surface area contributed by atoms with Crippen molar-refractivity contribution in [1.29, 1.82) is 0 Å². The van der Waals surface area contributed by atoms with Gasteiger partial charge < -0.3 is 4.90 Å². The van der Waals surface area contributed by atoms with Crippen molar-refractivity contribution in [2.24, 2.45) is 4.99 Å². The first-order valence-corrected chi connectivity index (χ1v) is 8.38. The summed E-state index contributed by atoms with van der Waals surface area (Å²) in [6, 6.07) is 18.6. The molecule has 0 atom stereocenters. The maximum Gasteiger partial charge on any atom is 0.159 e. The molecule has 0 radical (unpaired) electrons. The van der Waals surface area contributed by atoms with Gasteiger partial charge in [0.25, 0.3) is 0 Å². The predicted octanol–water partition coefficient (Wildman–Crippen LogP) is 4.45. The maximum atomic E-state index is 5.91. The fourth-order valence-electron chi connectivity index (χ4n) is 2.28. The summed E-state index contributed by atoms with van der Waals surface area (Å²) in [6.07, 6.45) is 0. The van der Waals surface area contributed by atoms with Crippen molar-refractivity contribution < 1.29 is 0 Å². The molecule has 1 heterocycles. The number of thioether (sulfide) groups is 1. The van der Waals surface area contributed by atoms with Crippen molar-refractivity contribution in [3.63, 3.8) is 0 Å². The van der Waals surface area contributed by atoms with Crippen LogP contribution in [0.5, 0.6) is 0 Å². The highest BCUT2D eigenvalue weighted by Crippen LogP contribution is 2.22. The Morgan fingerprint density at radius 2 is 1.76 bits per heavy atom. The van der Waals surface area contributed by atoms with Crippen LogP contribution < -0.4 is 0 Å². The second kappa shape index (κ2) is 7.01. The lowest BCUT2D eigenvalue weighted by Crippen LogP contribution is -2.25. The summed E-state index contributed by atoms with van der Waals surface area (Å²) in [6.45, 7) is 2.85. The van der Waals surface area contributed by atoms with Crippen LogP contribution in [0, 0.1) is 0 Å². The van der Waals surface area contributed by atoms with E-state index in [2.05, 4.69) is 52.4 Å². The Hall–Kier alpha value is -1.45. The molecule has 0 aromatic heterocycles. The van der Waals surface area contributed by atoms with E-state index in [1.54, 1.807) is 11.8 Å². The van der Waals surface area contributed by atoms with Gasteiger partial charge in [-0.3, -0.25) is 4.99 Å². The lowest BCUT2D eigenvalue weighted by atomic mass is 10.2. The van der Waals surface area contributed by atoms with Gasteiger partial charge in [-0.15, -0.1) is 0 Å². The molecule has 0 saturated heterocycles. The summed E-state index contributed by atoms with van der Waals surface area (Å²) in [5.41, 5.74) is 2.61. The van der Waals surface area contributed by atoms with Gasteiger partial charge in [0.2, 0.25) is 0 Å². The average Bonchev–Trinajstić information content (AvgIpc) is 2.95. The van der Waals surface area contributed by atoms with Crippen LogP contribution in [-0.2, 0) is 12.3 Å². The third-order valence-electron chi connectivity index (χ3n) is 3.38. The summed E-state index contributed by atoms with van der Waals surface area (Å²) in [7, 11) is 0. The molecule has 0 bridgehead atoms. The quantitative estimate of drug-likeness (QED) is 0.828. The van der Waals surface area contributed by atoms with E-state index in [4.69, 9.17) is 11.6 Å². The van der Waals surface area contributed by atoms with Gasteiger partial charge >= 0.3 is 0 Å². The summed E-state index contributed by atoms with van der Waals surface area (Å²) >= 11 is 7.72. The van der Waals surface area contributed by atoms with Crippen LogP contribution in [0.3, 0.4) is 0 Å². The van der Waals surface area contributed by atoms with E-state index in [9.17, 15) is 0 Å². The van der Waals surface area contributed by atoms with Gasteiger partial charge in [-0.1, -0.05) is 65.8 Å². The van der Waals surface area contributed by atoms with Gasteiger partial charge in [0, 0.05) is 23.9 Å². The molecule has 0 fully saturated rings. The van der Waals surface area contributed by atoms with E-state index in [0.717, 1.165) is 35.6 Å². The minimum absolute atomic E-state index is 0.785. The number of halogens is 1. The van der Waals surface area contributed by atoms with Crippen molar-refractivity contribution in [1.82, 2.24) is 4.90 Å². The highest BCUT2D eigenvalue weighted by Gasteiger charge is 2.17. The molecule has 108 valence electrons. The van der Waals surface area contributed by atoms with Crippen LogP contribution >= 0.6 is 23.4 Å². The van der Waals surface area contributed by atoms with Gasteiger partial charge in [-0.2, -0.15) is 0 Å². The van der Waals surface area contributed by atoms with Crippen molar-refractivity contribution in [3.8, 4) is 0 Å². The van der Waals surface area contributed by atoms with Crippen LogP contribution in [0.4, 0.5) is 0 Å². The first kappa shape index (κ1) is 14.5. The van der Waals surface area contributed by atoms with Gasteiger partial charge in [0.1, 0.15) is 0 Å². The molecule has 0 aliphatic carbocycles. The molecule has 3 rings (SSSR count). The monoisotopic (exact) mass is 316 g/mol. The number of rotatable bonds is 4. The van der Waals surface area contributed by atoms with Gasteiger partial charge in [0.05, 0.1) is 6.54 Å². The lowest BCUT2D eigenvalue weighted by Gasteiger charge is -2.19. The Balaban J connectivity index is 1.58. The first-order chi connectivity index (χ1) is 10.3. The Bertz CT molecular complexity index is 610. The minimum atomic E-state index is 0.785. The molecule has 0 spiro atoms. The lowest BCUT2D eigenvalue weighted by molar-refractivity contribution is 0.459. The molecule has 2 nitrogen and oxygen atoms in total. The number of benzene rings is 2. The molecule has 4 heteroatoms. The predicted molar refractivity (Wildman–Crippen MR) is 91.9 cm³/mol. The smallest absolute Gasteiger partial charge is 0.159 e. The SMILES string of the molecule is Clc1ccc(CSC2=NCCN2Cc2ccccc2)cc1. The largest absolute Gasteiger partial charge is 0.345 e. The highest BCUT2D eigenvalue weighted by atomic mass is 35.5. The second-order valence-electron chi connectivity index (χ2n) is 4.99. The molecular weight excluding hydrogens is 300 g/mol. The third kappa shape index (κ3) is 4.02. The second-order valence-corrected chi connectivity index (χ2v) is 6.37. The number of aliphatic imine (C=N–C) groups is 1. The summed E-state index contributed by atoms with van der Waals surface area (Å²) < 4.78 is 0. The van der Waals surface area contributed by atoms with E-state index in [0.29, 0.717) is 0 Å². The van der Waals surface area contributed by atoms with Gasteiger partial charge in [-0.25, -0.2) is 0 Å². The minimum Gasteiger partial charge on any atom is -0.345 e. The summed E-state index contributed by atoms with van der Waals surface area (Å²) in [5.74, 6) is 0.932. The molecule has 0 N–H and O–H groups in total. The molecular formula is C17H17ClN2S. The third-order valence-corrected chi connectivity index (χ3v) is 4.76. The first-order valence-electron chi connectivity index (χ1n) is 7.02. The molecule has 2 aromatic carbocycles. The maximum absolute atomic E-state index is 5.91. The number of amidine groups is 1. The molecule has 1 aliphatic heterocycles. The topological polar surface area (TPSA) is 15.6 Å². The fourth-order valence-corrected chi connectivity index (χ4v) is 3.41. The van der Waals surface area contributed by atoms with Crippen LogP contribution in [0.25, 0.3) is 0 Å². The van der Waals surface area contributed by atoms with Crippen molar-refractivity contribution in [2.75, 3.05) is 13.1 Å². The van der Waals surface area contributed by atoms with E-state index in [1.807, 2.05) is 12.1 Å². The number of hydrogen-bond donors (Lipinski definition) is 0. The van der Waals surface area contributed by atoms with Crippen LogP contribution in [-0.4, -0.2) is 23.2 Å². The van der Waals surface area contributed by atoms with Crippen molar-refractivity contribution in [3.05, 3.63) is 70.7 Å². The van der Waals surface area contributed by atoms with Crippen LogP contribution in [0.2, 0.25) is 5.02 Å². The van der Waals surface area contributed by atoms with Crippen LogP contribution in [0.15, 0.2) is 59.6 Å². The van der Waals surface area contributed by atoms with E-state index >= 15 is 0 Å². The molecule has 0 saturated carbocycles. The molecule has 0 amide bonds. The van der Waals surface area contributed by atoms with Crippen LogP contribution in [0.1, 0.15) is 11.1 Å². The molecule has 0 unspecified atom stereocenters. The zero-order valence-corrected chi connectivity index (χ0v) is 13.3. The Morgan fingerprint density at radius 3 is 2.52 bits per heavy atom. The highest BCUT2D eigenvalue weighted by molar-refractivity contribution is 8.13. The Kier molecular flexibility index (Phi) is 4.84. The summed E-state index contributed by atoms with van der Waals surface area (Å²) in [5, 5.41) is 1.93.